The van der Waals surface area contributed by atoms with Gasteiger partial charge in [0.1, 0.15) is 12.4 Å². The summed E-state index contributed by atoms with van der Waals surface area (Å²) in [5, 5.41) is 10.9. The number of thiophene rings is 1. The Morgan fingerprint density at radius 2 is 1.81 bits per heavy atom. The molecule has 0 saturated carbocycles. The Morgan fingerprint density at radius 3 is 2.53 bits per heavy atom. The molecule has 0 spiro atoms. The maximum absolute atomic E-state index is 14.0. The van der Waals surface area contributed by atoms with Crippen LogP contribution in [-0.2, 0) is 17.9 Å². The van der Waals surface area contributed by atoms with Crippen molar-refractivity contribution in [1.29, 1.82) is 0 Å². The molecule has 3 heterocycles. The average Bonchev–Trinajstić information content (AvgIpc) is 3.24. The lowest BCUT2D eigenvalue weighted by Gasteiger charge is -2.34. The maximum atomic E-state index is 14.0. The molecule has 0 atom stereocenters. The molecule has 3 aromatic rings. The number of nitrogens with zero attached hydrogens (tertiary/aromatic N) is 4. The van der Waals surface area contributed by atoms with Gasteiger partial charge in [-0.1, -0.05) is 18.2 Å². The van der Waals surface area contributed by atoms with Gasteiger partial charge in [-0.25, -0.2) is 4.39 Å². The van der Waals surface area contributed by atoms with Crippen molar-refractivity contribution in [3.8, 4) is 10.4 Å². The molecule has 1 fully saturated rings. The van der Waals surface area contributed by atoms with E-state index in [1.807, 2.05) is 18.2 Å². The molecule has 0 unspecified atom stereocenters. The summed E-state index contributed by atoms with van der Waals surface area (Å²) in [6.45, 7) is 2.84. The van der Waals surface area contributed by atoms with Gasteiger partial charge in [-0.3, -0.25) is 29.2 Å². The minimum absolute atomic E-state index is 0.225. The summed E-state index contributed by atoms with van der Waals surface area (Å²) in [6, 6.07) is 12.9. The van der Waals surface area contributed by atoms with Gasteiger partial charge in [-0.15, -0.1) is 11.3 Å². The number of rotatable bonds is 6. The topological polar surface area (TPSA) is 88.7 Å². The first-order valence-corrected chi connectivity index (χ1v) is 10.9. The number of carbonyl (C=O) groups is 1. The molecule has 1 aromatic carbocycles. The van der Waals surface area contributed by atoms with E-state index < -0.39 is 10.5 Å². The standard InChI is InChI=1S/C22H21FN4O4S/c23-19-4-2-1-3-18(19)20-7-6-17(32-20)14-24-9-11-25(12-10-24)22(29)15-26-13-16(27(30)31)5-8-21(26)28/h1-8,13H,9-12,14-15H2. The van der Waals surface area contributed by atoms with Gasteiger partial charge >= 0.3 is 0 Å². The first-order valence-electron chi connectivity index (χ1n) is 10.1. The molecule has 2 aromatic heterocycles. The lowest BCUT2D eigenvalue weighted by Crippen LogP contribution is -2.49. The van der Waals surface area contributed by atoms with Crippen LogP contribution in [0.2, 0.25) is 0 Å². The third kappa shape index (κ3) is 4.92. The summed E-state index contributed by atoms with van der Waals surface area (Å²) in [6.07, 6.45) is 1.10. The Hall–Kier alpha value is -3.37. The van der Waals surface area contributed by atoms with Crippen molar-refractivity contribution in [2.24, 2.45) is 0 Å². The van der Waals surface area contributed by atoms with Crippen LogP contribution in [-0.4, -0.2) is 51.4 Å². The molecule has 1 amide bonds. The van der Waals surface area contributed by atoms with Gasteiger partial charge in [-0.2, -0.15) is 0 Å². The number of amides is 1. The van der Waals surface area contributed by atoms with Gasteiger partial charge in [-0.05, 0) is 18.2 Å². The van der Waals surface area contributed by atoms with Gasteiger partial charge in [0.15, 0.2) is 0 Å². The first-order chi connectivity index (χ1) is 15.4. The fraction of sp³-hybridized carbons (Fsp3) is 0.273. The molecule has 1 aliphatic rings. The van der Waals surface area contributed by atoms with E-state index in [9.17, 15) is 24.1 Å². The predicted molar refractivity (Wildman–Crippen MR) is 119 cm³/mol. The largest absolute Gasteiger partial charge is 0.339 e. The SMILES string of the molecule is O=C(Cn1cc([N+](=O)[O-])ccc1=O)N1CCN(Cc2ccc(-c3ccccc3F)s2)CC1. The highest BCUT2D eigenvalue weighted by Gasteiger charge is 2.22. The maximum Gasteiger partial charge on any atom is 0.285 e. The second kappa shape index (κ2) is 9.41. The van der Waals surface area contributed by atoms with Crippen molar-refractivity contribution in [2.75, 3.05) is 26.2 Å². The number of benzene rings is 1. The summed E-state index contributed by atoms with van der Waals surface area (Å²) in [4.78, 5) is 40.7. The zero-order valence-electron chi connectivity index (χ0n) is 17.1. The van der Waals surface area contributed by atoms with Crippen LogP contribution < -0.4 is 5.56 Å². The van der Waals surface area contributed by atoms with E-state index in [4.69, 9.17) is 0 Å². The van der Waals surface area contributed by atoms with Crippen LogP contribution in [0.15, 0.2) is 59.5 Å². The normalized spacial score (nSPS) is 14.5. The fourth-order valence-electron chi connectivity index (χ4n) is 3.64. The zero-order chi connectivity index (χ0) is 22.7. The number of hydrogen-bond acceptors (Lipinski definition) is 6. The van der Waals surface area contributed by atoms with Crippen molar-refractivity contribution in [3.63, 3.8) is 0 Å². The molecule has 0 radical (unpaired) electrons. The lowest BCUT2D eigenvalue weighted by atomic mass is 10.2. The van der Waals surface area contributed by atoms with Crippen molar-refractivity contribution < 1.29 is 14.1 Å². The highest BCUT2D eigenvalue weighted by molar-refractivity contribution is 7.15. The Kier molecular flexibility index (Phi) is 6.42. The van der Waals surface area contributed by atoms with E-state index in [0.29, 0.717) is 38.3 Å². The van der Waals surface area contributed by atoms with Crippen molar-refractivity contribution >= 4 is 22.9 Å². The molecule has 1 aliphatic heterocycles. The molecular formula is C22H21FN4O4S. The van der Waals surface area contributed by atoms with Gasteiger partial charge in [0.25, 0.3) is 11.2 Å². The van der Waals surface area contributed by atoms with E-state index in [1.54, 1.807) is 28.4 Å². The van der Waals surface area contributed by atoms with E-state index in [1.165, 1.54) is 6.07 Å². The number of hydrogen-bond donors (Lipinski definition) is 0. The van der Waals surface area contributed by atoms with Gasteiger partial charge in [0.05, 0.1) is 11.1 Å². The predicted octanol–water partition coefficient (Wildman–Crippen LogP) is 2.97. The summed E-state index contributed by atoms with van der Waals surface area (Å²) in [7, 11) is 0. The van der Waals surface area contributed by atoms with Crippen LogP contribution in [0.3, 0.4) is 0 Å². The van der Waals surface area contributed by atoms with Crippen LogP contribution in [0.4, 0.5) is 10.1 Å². The molecular weight excluding hydrogens is 435 g/mol. The second-order valence-electron chi connectivity index (χ2n) is 7.51. The van der Waals surface area contributed by atoms with Crippen LogP contribution in [0.5, 0.6) is 0 Å². The van der Waals surface area contributed by atoms with E-state index >= 15 is 0 Å². The third-order valence-corrected chi connectivity index (χ3v) is 6.49. The molecule has 0 aliphatic carbocycles. The molecule has 10 heteroatoms. The minimum Gasteiger partial charge on any atom is -0.339 e. The molecule has 166 valence electrons. The van der Waals surface area contributed by atoms with E-state index in [-0.39, 0.29) is 24.0 Å². The number of aromatic nitrogens is 1. The molecule has 4 rings (SSSR count). The number of nitro groups is 1. The molecule has 8 nitrogen and oxygen atoms in total. The average molecular weight is 456 g/mol. The summed E-state index contributed by atoms with van der Waals surface area (Å²) < 4.78 is 15.1. The second-order valence-corrected chi connectivity index (χ2v) is 8.68. The first kappa shape index (κ1) is 21.8. The number of carbonyl (C=O) groups excluding carboxylic acids is 1. The van der Waals surface area contributed by atoms with Crippen molar-refractivity contribution in [3.05, 3.63) is 85.9 Å². The quantitative estimate of drug-likeness (QED) is 0.420. The summed E-state index contributed by atoms with van der Waals surface area (Å²) >= 11 is 1.55. The Morgan fingerprint density at radius 1 is 1.06 bits per heavy atom. The molecule has 0 bridgehead atoms. The zero-order valence-corrected chi connectivity index (χ0v) is 18.0. The van der Waals surface area contributed by atoms with Crippen molar-refractivity contribution in [1.82, 2.24) is 14.4 Å². The Balaban J connectivity index is 1.32. The van der Waals surface area contributed by atoms with Crippen LogP contribution in [0, 0.1) is 15.9 Å². The molecule has 1 saturated heterocycles. The fourth-order valence-corrected chi connectivity index (χ4v) is 4.72. The molecule has 32 heavy (non-hydrogen) atoms. The molecule has 0 N–H and O–H groups in total. The smallest absolute Gasteiger partial charge is 0.285 e. The van der Waals surface area contributed by atoms with Crippen molar-refractivity contribution in [2.45, 2.75) is 13.1 Å². The summed E-state index contributed by atoms with van der Waals surface area (Å²) in [5.74, 6) is -0.485. The number of piperazine rings is 1. The van der Waals surface area contributed by atoms with Crippen LogP contribution in [0.25, 0.3) is 10.4 Å². The van der Waals surface area contributed by atoms with Crippen LogP contribution in [0.1, 0.15) is 4.88 Å². The highest BCUT2D eigenvalue weighted by atomic mass is 32.1. The van der Waals surface area contributed by atoms with E-state index in [2.05, 4.69) is 4.90 Å². The lowest BCUT2D eigenvalue weighted by molar-refractivity contribution is -0.385. The third-order valence-electron chi connectivity index (χ3n) is 5.39. The number of pyridine rings is 1. The highest BCUT2D eigenvalue weighted by Crippen LogP contribution is 2.30. The monoisotopic (exact) mass is 456 g/mol. The Labute approximate surface area is 187 Å². The summed E-state index contributed by atoms with van der Waals surface area (Å²) in [5.41, 5.74) is -0.0885. The van der Waals surface area contributed by atoms with Gasteiger partial charge in [0.2, 0.25) is 5.91 Å². The van der Waals surface area contributed by atoms with Crippen LogP contribution >= 0.6 is 11.3 Å². The van der Waals surface area contributed by atoms with E-state index in [0.717, 1.165) is 32.7 Å². The Bertz CT molecular complexity index is 1200. The number of halogens is 1. The van der Waals surface area contributed by atoms with Gasteiger partial charge in [0, 0.05) is 60.2 Å². The van der Waals surface area contributed by atoms with Gasteiger partial charge < -0.3 is 4.90 Å². The minimum atomic E-state index is -0.596.